The fourth-order valence-electron chi connectivity index (χ4n) is 1.83. The van der Waals surface area contributed by atoms with E-state index in [1.807, 2.05) is 12.3 Å². The fourth-order valence-corrected chi connectivity index (χ4v) is 1.83. The van der Waals surface area contributed by atoms with Crippen molar-refractivity contribution in [3.8, 4) is 5.75 Å². The normalized spacial score (nSPS) is 11.1. The molecule has 0 amide bonds. The first-order valence-corrected chi connectivity index (χ1v) is 4.88. The number of fused-ring (bicyclic) bond motifs is 1. The molecule has 0 spiro atoms. The molecular formula is C11H14N2O2. The molecule has 3 N–H and O–H groups in total. The Kier molecular flexibility index (Phi) is 2.62. The molecule has 0 bridgehead atoms. The average Bonchev–Trinajstić information content (AvgIpc) is 2.57. The maximum absolute atomic E-state index is 9.42. The van der Waals surface area contributed by atoms with E-state index in [1.54, 1.807) is 12.1 Å². The van der Waals surface area contributed by atoms with Gasteiger partial charge in [-0.2, -0.15) is 0 Å². The Morgan fingerprint density at radius 3 is 2.93 bits per heavy atom. The lowest BCUT2D eigenvalue weighted by molar-refractivity contribution is 0.125. The Hall–Kier alpha value is -1.52. The summed E-state index contributed by atoms with van der Waals surface area (Å²) in [6.45, 7) is 3.30. The van der Waals surface area contributed by atoms with Gasteiger partial charge in [-0.25, -0.2) is 5.90 Å². The van der Waals surface area contributed by atoms with E-state index in [4.69, 9.17) is 5.90 Å². The van der Waals surface area contributed by atoms with Crippen LogP contribution in [0.15, 0.2) is 24.4 Å². The summed E-state index contributed by atoms with van der Waals surface area (Å²) in [6, 6.07) is 5.31. The maximum Gasteiger partial charge on any atom is 0.116 e. The molecule has 1 aromatic heterocycles. The largest absolute Gasteiger partial charge is 0.508 e. The maximum atomic E-state index is 9.42. The summed E-state index contributed by atoms with van der Waals surface area (Å²) < 4.78 is 2.10. The van der Waals surface area contributed by atoms with Crippen molar-refractivity contribution in [3.05, 3.63) is 30.0 Å². The molecule has 4 heteroatoms. The molecule has 0 fully saturated rings. The summed E-state index contributed by atoms with van der Waals surface area (Å²) in [6.07, 6.45) is 2.00. The molecular weight excluding hydrogens is 192 g/mol. The van der Waals surface area contributed by atoms with Crippen molar-refractivity contribution in [2.24, 2.45) is 5.90 Å². The molecule has 0 saturated heterocycles. The van der Waals surface area contributed by atoms with Crippen molar-refractivity contribution in [3.63, 3.8) is 0 Å². The number of rotatable bonds is 3. The molecule has 2 rings (SSSR count). The monoisotopic (exact) mass is 206 g/mol. The van der Waals surface area contributed by atoms with Gasteiger partial charge in [0.2, 0.25) is 0 Å². The molecule has 0 atom stereocenters. The van der Waals surface area contributed by atoms with Gasteiger partial charge >= 0.3 is 0 Å². The average molecular weight is 206 g/mol. The first-order chi connectivity index (χ1) is 7.26. The van der Waals surface area contributed by atoms with Gasteiger partial charge in [-0.15, -0.1) is 0 Å². The minimum Gasteiger partial charge on any atom is -0.508 e. The van der Waals surface area contributed by atoms with E-state index in [-0.39, 0.29) is 5.75 Å². The van der Waals surface area contributed by atoms with Crippen LogP contribution in [0.5, 0.6) is 5.75 Å². The Labute approximate surface area is 87.8 Å². The predicted molar refractivity (Wildman–Crippen MR) is 58.3 cm³/mol. The van der Waals surface area contributed by atoms with Crippen molar-refractivity contribution < 1.29 is 9.94 Å². The molecule has 0 aliphatic carbocycles. The number of hydrogen-bond acceptors (Lipinski definition) is 3. The lowest BCUT2D eigenvalue weighted by atomic mass is 10.2. The van der Waals surface area contributed by atoms with Crippen LogP contribution < -0.4 is 5.90 Å². The molecule has 0 aliphatic rings. The van der Waals surface area contributed by atoms with E-state index in [9.17, 15) is 5.11 Å². The molecule has 80 valence electrons. The molecule has 0 unspecified atom stereocenters. The number of nitrogens with zero attached hydrogens (tertiary/aromatic N) is 1. The van der Waals surface area contributed by atoms with Gasteiger partial charge in [0.1, 0.15) is 5.75 Å². The van der Waals surface area contributed by atoms with Crippen LogP contribution in [0, 0.1) is 0 Å². The summed E-state index contributed by atoms with van der Waals surface area (Å²) in [5.41, 5.74) is 2.08. The summed E-state index contributed by atoms with van der Waals surface area (Å²) in [5.74, 6) is 5.33. The highest BCUT2D eigenvalue weighted by Gasteiger charge is 2.07. The van der Waals surface area contributed by atoms with Crippen LogP contribution in [0.25, 0.3) is 10.9 Å². The van der Waals surface area contributed by atoms with Gasteiger partial charge in [0, 0.05) is 29.2 Å². The van der Waals surface area contributed by atoms with E-state index in [1.165, 1.54) is 0 Å². The molecule has 0 aliphatic heterocycles. The summed E-state index contributed by atoms with van der Waals surface area (Å²) >= 11 is 0. The third-order valence-electron chi connectivity index (χ3n) is 2.53. The standard InChI is InChI=1S/C11H14N2O2/c1-2-13-6-8(7-15-12)10-5-9(14)3-4-11(10)13/h3-6,14H,2,7,12H2,1H3. The lowest BCUT2D eigenvalue weighted by Gasteiger charge is -1.99. The van der Waals surface area contributed by atoms with Gasteiger partial charge in [0.15, 0.2) is 0 Å². The van der Waals surface area contributed by atoms with E-state index < -0.39 is 0 Å². The Bertz CT molecular complexity index is 477. The minimum atomic E-state index is 0.259. The summed E-state index contributed by atoms with van der Waals surface area (Å²) in [4.78, 5) is 4.64. The van der Waals surface area contributed by atoms with Gasteiger partial charge in [-0.05, 0) is 25.1 Å². The third-order valence-corrected chi connectivity index (χ3v) is 2.53. The zero-order valence-electron chi connectivity index (χ0n) is 8.60. The zero-order valence-corrected chi connectivity index (χ0v) is 8.60. The zero-order chi connectivity index (χ0) is 10.8. The van der Waals surface area contributed by atoms with Crippen molar-refractivity contribution in [2.45, 2.75) is 20.1 Å². The van der Waals surface area contributed by atoms with Crippen molar-refractivity contribution in [2.75, 3.05) is 0 Å². The Morgan fingerprint density at radius 2 is 2.27 bits per heavy atom. The van der Waals surface area contributed by atoms with Gasteiger partial charge in [0.05, 0.1) is 6.61 Å². The van der Waals surface area contributed by atoms with Crippen molar-refractivity contribution in [1.82, 2.24) is 4.57 Å². The van der Waals surface area contributed by atoms with Crippen LogP contribution in [0.1, 0.15) is 12.5 Å². The molecule has 0 radical (unpaired) electrons. The van der Waals surface area contributed by atoms with Crippen LogP contribution in [-0.2, 0) is 18.0 Å². The van der Waals surface area contributed by atoms with E-state index in [0.29, 0.717) is 6.61 Å². The second-order valence-electron chi connectivity index (χ2n) is 3.45. The molecule has 4 nitrogen and oxygen atoms in total. The van der Waals surface area contributed by atoms with Crippen LogP contribution >= 0.6 is 0 Å². The van der Waals surface area contributed by atoms with Gasteiger partial charge in [-0.3, -0.25) is 4.84 Å². The van der Waals surface area contributed by atoms with E-state index >= 15 is 0 Å². The van der Waals surface area contributed by atoms with Gasteiger partial charge < -0.3 is 9.67 Å². The highest BCUT2D eigenvalue weighted by molar-refractivity contribution is 5.85. The first-order valence-electron chi connectivity index (χ1n) is 4.88. The first kappa shape index (κ1) is 10.0. The third kappa shape index (κ3) is 1.69. The van der Waals surface area contributed by atoms with E-state index in [0.717, 1.165) is 23.0 Å². The summed E-state index contributed by atoms with van der Waals surface area (Å²) in [7, 11) is 0. The Balaban J connectivity index is 2.64. The van der Waals surface area contributed by atoms with Gasteiger partial charge in [0.25, 0.3) is 0 Å². The predicted octanol–water partition coefficient (Wildman–Crippen LogP) is 1.76. The molecule has 15 heavy (non-hydrogen) atoms. The number of aromatic nitrogens is 1. The molecule has 1 aromatic carbocycles. The van der Waals surface area contributed by atoms with E-state index in [2.05, 4.69) is 16.3 Å². The SMILES string of the molecule is CCn1cc(CON)c2cc(O)ccc21. The molecule has 2 aromatic rings. The highest BCUT2D eigenvalue weighted by atomic mass is 16.6. The molecule has 0 saturated carbocycles. The fraction of sp³-hybridized carbons (Fsp3) is 0.273. The molecule has 1 heterocycles. The van der Waals surface area contributed by atoms with Crippen LogP contribution in [-0.4, -0.2) is 9.67 Å². The number of aryl methyl sites for hydroxylation is 1. The van der Waals surface area contributed by atoms with Crippen LogP contribution in [0.2, 0.25) is 0 Å². The number of nitrogens with two attached hydrogens (primary N) is 1. The number of phenols is 1. The second-order valence-corrected chi connectivity index (χ2v) is 3.45. The quantitative estimate of drug-likeness (QED) is 0.752. The summed E-state index contributed by atoms with van der Waals surface area (Å²) in [5, 5.41) is 10.4. The van der Waals surface area contributed by atoms with Crippen molar-refractivity contribution in [1.29, 1.82) is 0 Å². The second kappa shape index (κ2) is 3.92. The Morgan fingerprint density at radius 1 is 1.47 bits per heavy atom. The van der Waals surface area contributed by atoms with Crippen LogP contribution in [0.4, 0.5) is 0 Å². The number of aromatic hydroxyl groups is 1. The topological polar surface area (TPSA) is 60.4 Å². The van der Waals surface area contributed by atoms with Gasteiger partial charge in [-0.1, -0.05) is 0 Å². The number of phenolic OH excluding ortho intramolecular Hbond substituents is 1. The number of benzene rings is 1. The highest BCUT2D eigenvalue weighted by Crippen LogP contribution is 2.25. The van der Waals surface area contributed by atoms with Crippen LogP contribution in [0.3, 0.4) is 0 Å². The number of hydrogen-bond donors (Lipinski definition) is 2. The minimum absolute atomic E-state index is 0.259. The van der Waals surface area contributed by atoms with Crippen molar-refractivity contribution >= 4 is 10.9 Å². The lowest BCUT2D eigenvalue weighted by Crippen LogP contribution is -1.98. The smallest absolute Gasteiger partial charge is 0.116 e.